The Morgan fingerprint density at radius 3 is 2.89 bits per heavy atom. The molecule has 0 N–H and O–H groups in total. The van der Waals surface area contributed by atoms with Crippen molar-refractivity contribution in [3.63, 3.8) is 0 Å². The van der Waals surface area contributed by atoms with Gasteiger partial charge in [0.1, 0.15) is 5.65 Å². The van der Waals surface area contributed by atoms with E-state index in [0.29, 0.717) is 22.8 Å². The van der Waals surface area contributed by atoms with Crippen LogP contribution in [-0.4, -0.2) is 25.1 Å². The summed E-state index contributed by atoms with van der Waals surface area (Å²) in [5, 5.41) is 0. The molecule has 3 rings (SSSR count). The Balaban J connectivity index is 1.98. The molecule has 0 amide bonds. The van der Waals surface area contributed by atoms with Gasteiger partial charge in [-0.1, -0.05) is 6.07 Å². The van der Waals surface area contributed by atoms with Crippen molar-refractivity contribution >= 4 is 15.4 Å². The van der Waals surface area contributed by atoms with Crippen LogP contribution in [0.2, 0.25) is 0 Å². The summed E-state index contributed by atoms with van der Waals surface area (Å²) in [5.41, 5.74) is 1.06. The SMILES string of the molecule is O=c1cc(CN=S2(=O)CCCC2)nc2ccccn12. The highest BCUT2D eigenvalue weighted by Gasteiger charge is 2.15. The first-order valence-corrected chi connectivity index (χ1v) is 8.17. The van der Waals surface area contributed by atoms with E-state index < -0.39 is 9.73 Å². The second-order valence-electron chi connectivity index (χ2n) is 4.69. The van der Waals surface area contributed by atoms with Crippen LogP contribution in [0, 0.1) is 0 Å². The highest BCUT2D eigenvalue weighted by molar-refractivity contribution is 7.93. The number of hydrogen-bond donors (Lipinski definition) is 0. The first kappa shape index (κ1) is 12.3. The van der Waals surface area contributed by atoms with Gasteiger partial charge in [0.15, 0.2) is 0 Å². The van der Waals surface area contributed by atoms with Gasteiger partial charge in [-0.25, -0.2) is 13.6 Å². The lowest BCUT2D eigenvalue weighted by Crippen LogP contribution is -2.15. The van der Waals surface area contributed by atoms with Crippen LogP contribution in [0.4, 0.5) is 0 Å². The molecule has 0 bridgehead atoms. The van der Waals surface area contributed by atoms with Crippen molar-refractivity contribution in [2.75, 3.05) is 11.5 Å². The molecular formula is C13H15N3O2S. The summed E-state index contributed by atoms with van der Waals surface area (Å²) in [4.78, 5) is 16.3. The largest absolute Gasteiger partial charge is 0.269 e. The average molecular weight is 277 g/mol. The van der Waals surface area contributed by atoms with Gasteiger partial charge >= 0.3 is 0 Å². The highest BCUT2D eigenvalue weighted by atomic mass is 32.2. The fraction of sp³-hybridized carbons (Fsp3) is 0.385. The van der Waals surface area contributed by atoms with Crippen LogP contribution in [0.5, 0.6) is 0 Å². The minimum atomic E-state index is -2.04. The quantitative estimate of drug-likeness (QED) is 0.834. The number of fused-ring (bicyclic) bond motifs is 1. The van der Waals surface area contributed by atoms with Crippen LogP contribution < -0.4 is 5.56 Å². The zero-order valence-corrected chi connectivity index (χ0v) is 11.3. The average Bonchev–Trinajstić information content (AvgIpc) is 2.84. The van der Waals surface area contributed by atoms with Gasteiger partial charge in [0.05, 0.1) is 12.2 Å². The van der Waals surface area contributed by atoms with E-state index in [0.717, 1.165) is 12.8 Å². The topological polar surface area (TPSA) is 63.8 Å². The van der Waals surface area contributed by atoms with Crippen molar-refractivity contribution < 1.29 is 4.21 Å². The van der Waals surface area contributed by atoms with Crippen molar-refractivity contribution in [3.05, 3.63) is 46.5 Å². The number of hydrogen-bond acceptors (Lipinski definition) is 4. The predicted molar refractivity (Wildman–Crippen MR) is 74.7 cm³/mol. The molecule has 100 valence electrons. The van der Waals surface area contributed by atoms with Gasteiger partial charge in [-0.15, -0.1) is 0 Å². The van der Waals surface area contributed by atoms with E-state index in [2.05, 4.69) is 9.35 Å². The molecule has 0 spiro atoms. The summed E-state index contributed by atoms with van der Waals surface area (Å²) in [7, 11) is -2.04. The van der Waals surface area contributed by atoms with Crippen molar-refractivity contribution in [1.82, 2.24) is 9.38 Å². The molecule has 0 aromatic carbocycles. The Morgan fingerprint density at radius 2 is 2.11 bits per heavy atom. The summed E-state index contributed by atoms with van der Waals surface area (Å²) in [6, 6.07) is 6.87. The van der Waals surface area contributed by atoms with Crippen molar-refractivity contribution in [2.24, 2.45) is 4.36 Å². The Kier molecular flexibility index (Phi) is 3.10. The standard InChI is InChI=1S/C13H15N3O2S/c17-13-9-11(10-14-19(18)7-3-4-8-19)15-12-5-1-2-6-16(12)13/h1-2,5-6,9H,3-4,7-8,10H2. The molecule has 0 saturated carbocycles. The fourth-order valence-electron chi connectivity index (χ4n) is 2.25. The van der Waals surface area contributed by atoms with Crippen molar-refractivity contribution in [3.8, 4) is 0 Å². The zero-order chi connectivity index (χ0) is 13.3. The highest BCUT2D eigenvalue weighted by Crippen LogP contribution is 2.14. The molecule has 6 heteroatoms. The molecule has 0 radical (unpaired) electrons. The van der Waals surface area contributed by atoms with Gasteiger partial charge in [0, 0.05) is 33.5 Å². The van der Waals surface area contributed by atoms with Crippen LogP contribution in [0.1, 0.15) is 18.5 Å². The third-order valence-corrected chi connectivity index (χ3v) is 5.72. The number of rotatable bonds is 2. The predicted octanol–water partition coefficient (Wildman–Crippen LogP) is 1.46. The zero-order valence-electron chi connectivity index (χ0n) is 10.5. The lowest BCUT2D eigenvalue weighted by atomic mass is 10.4. The van der Waals surface area contributed by atoms with Crippen LogP contribution in [0.25, 0.3) is 5.65 Å². The Hall–Kier alpha value is -1.69. The summed E-state index contributed by atoms with van der Waals surface area (Å²) in [6.07, 6.45) is 3.65. The van der Waals surface area contributed by atoms with Gasteiger partial charge < -0.3 is 0 Å². The van der Waals surface area contributed by atoms with Gasteiger partial charge in [-0.05, 0) is 25.0 Å². The maximum absolute atomic E-state index is 12.2. The number of pyridine rings is 1. The van der Waals surface area contributed by atoms with Gasteiger partial charge in [0.25, 0.3) is 5.56 Å². The minimum Gasteiger partial charge on any atom is -0.269 e. The molecular weight excluding hydrogens is 262 g/mol. The maximum Gasteiger partial charge on any atom is 0.258 e. The lowest BCUT2D eigenvalue weighted by Gasteiger charge is -2.03. The molecule has 2 aromatic rings. The van der Waals surface area contributed by atoms with Crippen LogP contribution in [-0.2, 0) is 16.3 Å². The number of aromatic nitrogens is 2. The molecule has 5 nitrogen and oxygen atoms in total. The first-order valence-electron chi connectivity index (χ1n) is 6.32. The minimum absolute atomic E-state index is 0.128. The Bertz CT molecular complexity index is 776. The molecule has 1 fully saturated rings. The van der Waals surface area contributed by atoms with E-state index in [-0.39, 0.29) is 12.1 Å². The lowest BCUT2D eigenvalue weighted by molar-refractivity contribution is 0.678. The summed E-state index contributed by atoms with van der Waals surface area (Å²) >= 11 is 0. The van der Waals surface area contributed by atoms with Crippen LogP contribution in [0.3, 0.4) is 0 Å². The normalized spacial score (nSPS) is 17.7. The molecule has 0 unspecified atom stereocenters. The van der Waals surface area contributed by atoms with E-state index in [9.17, 15) is 9.00 Å². The monoisotopic (exact) mass is 277 g/mol. The molecule has 2 aromatic heterocycles. The fourth-order valence-corrected chi connectivity index (χ4v) is 4.39. The van der Waals surface area contributed by atoms with Gasteiger partial charge in [-0.3, -0.25) is 9.20 Å². The Labute approximate surface area is 111 Å². The second kappa shape index (κ2) is 4.77. The van der Waals surface area contributed by atoms with Crippen molar-refractivity contribution in [1.29, 1.82) is 0 Å². The number of nitrogens with zero attached hydrogens (tertiary/aromatic N) is 3. The van der Waals surface area contributed by atoms with E-state index in [1.54, 1.807) is 18.3 Å². The van der Waals surface area contributed by atoms with Crippen LogP contribution in [0.15, 0.2) is 39.6 Å². The summed E-state index contributed by atoms with van der Waals surface area (Å²) < 4.78 is 18.0. The molecule has 19 heavy (non-hydrogen) atoms. The third-order valence-electron chi connectivity index (χ3n) is 3.26. The molecule has 0 atom stereocenters. The maximum atomic E-state index is 12.2. The third kappa shape index (κ3) is 2.53. The van der Waals surface area contributed by atoms with E-state index >= 15 is 0 Å². The van der Waals surface area contributed by atoms with Crippen molar-refractivity contribution in [2.45, 2.75) is 19.4 Å². The van der Waals surface area contributed by atoms with Gasteiger partial charge in [-0.2, -0.15) is 0 Å². The Morgan fingerprint density at radius 1 is 1.32 bits per heavy atom. The summed E-state index contributed by atoms with van der Waals surface area (Å²) in [5.74, 6) is 1.36. The first-order chi connectivity index (χ1) is 9.16. The van der Waals surface area contributed by atoms with E-state index in [1.807, 2.05) is 6.07 Å². The smallest absolute Gasteiger partial charge is 0.258 e. The summed E-state index contributed by atoms with van der Waals surface area (Å²) in [6.45, 7) is 0.263. The second-order valence-corrected chi connectivity index (χ2v) is 7.31. The van der Waals surface area contributed by atoms with Gasteiger partial charge in [0.2, 0.25) is 0 Å². The van der Waals surface area contributed by atoms with E-state index in [1.165, 1.54) is 10.5 Å². The van der Waals surface area contributed by atoms with E-state index in [4.69, 9.17) is 0 Å². The molecule has 1 saturated heterocycles. The molecule has 0 aliphatic carbocycles. The molecule has 1 aliphatic heterocycles. The molecule has 3 heterocycles. The molecule has 1 aliphatic rings. The van der Waals surface area contributed by atoms with Crippen LogP contribution >= 0.6 is 0 Å².